The van der Waals surface area contributed by atoms with Gasteiger partial charge in [-0.15, -0.1) is 0 Å². The number of rotatable bonds is 7. The molecule has 3 rings (SSSR count). The third-order valence-corrected chi connectivity index (χ3v) is 6.04. The lowest BCUT2D eigenvalue weighted by Crippen LogP contribution is -2.28. The van der Waals surface area contributed by atoms with Gasteiger partial charge in [0.2, 0.25) is 10.0 Å². The van der Waals surface area contributed by atoms with Gasteiger partial charge in [0.1, 0.15) is 5.82 Å². The maximum absolute atomic E-state index is 12.9. The van der Waals surface area contributed by atoms with E-state index in [0.29, 0.717) is 12.1 Å². The second kappa shape index (κ2) is 8.12. The van der Waals surface area contributed by atoms with Crippen molar-refractivity contribution in [2.24, 2.45) is 0 Å². The third-order valence-electron chi connectivity index (χ3n) is 4.50. The Labute approximate surface area is 165 Å². The molecule has 0 radical (unpaired) electrons. The quantitative estimate of drug-likeness (QED) is 0.661. The minimum Gasteiger partial charge on any atom is -0.334 e. The van der Waals surface area contributed by atoms with Crippen LogP contribution in [0.15, 0.2) is 53.4 Å². The van der Waals surface area contributed by atoms with Crippen LogP contribution in [0.4, 0.5) is 0 Å². The molecule has 0 atom stereocenters. The number of imidazole rings is 1. The van der Waals surface area contributed by atoms with E-state index in [1.165, 1.54) is 12.1 Å². The van der Waals surface area contributed by atoms with Crippen molar-refractivity contribution in [3.63, 3.8) is 0 Å². The van der Waals surface area contributed by atoms with Crippen LogP contribution in [0.2, 0.25) is 0 Å². The van der Waals surface area contributed by atoms with E-state index in [1.807, 2.05) is 31.2 Å². The maximum Gasteiger partial charge on any atom is 0.254 e. The number of carbonyl (C=O) groups is 1. The highest BCUT2D eigenvalue weighted by Crippen LogP contribution is 2.18. The molecule has 0 fully saturated rings. The first-order valence-electron chi connectivity index (χ1n) is 9.16. The van der Waals surface area contributed by atoms with Gasteiger partial charge in [-0.05, 0) is 37.3 Å². The molecule has 0 aliphatic rings. The summed E-state index contributed by atoms with van der Waals surface area (Å²) in [7, 11) is -1.93. The highest BCUT2D eigenvalue weighted by atomic mass is 32.2. The molecule has 0 unspecified atom stereocenters. The zero-order valence-electron chi connectivity index (χ0n) is 16.2. The lowest BCUT2D eigenvalue weighted by molar-refractivity contribution is 0.0780. The predicted octanol–water partition coefficient (Wildman–Crippen LogP) is 2.63. The molecular formula is C20H24N4O3S. The van der Waals surface area contributed by atoms with E-state index in [9.17, 15) is 13.2 Å². The van der Waals surface area contributed by atoms with Gasteiger partial charge in [-0.25, -0.2) is 18.1 Å². The summed E-state index contributed by atoms with van der Waals surface area (Å²) in [6.07, 6.45) is 0. The summed E-state index contributed by atoms with van der Waals surface area (Å²) < 4.78 is 28.9. The molecule has 1 N–H and O–H groups in total. The number of nitrogens with zero attached hydrogens (tertiary/aromatic N) is 3. The number of hydrogen-bond acceptors (Lipinski definition) is 4. The van der Waals surface area contributed by atoms with Gasteiger partial charge in [0.25, 0.3) is 5.91 Å². The lowest BCUT2D eigenvalue weighted by Gasteiger charge is -2.18. The Morgan fingerprint density at radius 1 is 1.14 bits per heavy atom. The fourth-order valence-corrected chi connectivity index (χ4v) is 4.26. The Morgan fingerprint density at radius 3 is 2.61 bits per heavy atom. The molecule has 1 aromatic heterocycles. The normalized spacial score (nSPS) is 11.7. The highest BCUT2D eigenvalue weighted by Gasteiger charge is 2.19. The van der Waals surface area contributed by atoms with Crippen LogP contribution >= 0.6 is 0 Å². The molecule has 0 bridgehead atoms. The number of fused-ring (bicyclic) bond motifs is 1. The summed E-state index contributed by atoms with van der Waals surface area (Å²) in [5.74, 6) is 0.527. The van der Waals surface area contributed by atoms with Crippen LogP contribution in [0.5, 0.6) is 0 Å². The number of hydrogen-bond donors (Lipinski definition) is 1. The Kier molecular flexibility index (Phi) is 5.81. The second-order valence-corrected chi connectivity index (χ2v) is 8.22. The largest absolute Gasteiger partial charge is 0.334 e. The van der Waals surface area contributed by atoms with Crippen LogP contribution < -0.4 is 4.72 Å². The average molecular weight is 401 g/mol. The fraction of sp³-hybridized carbons (Fsp3) is 0.300. The zero-order chi connectivity index (χ0) is 20.3. The minimum absolute atomic E-state index is 0.0781. The molecule has 0 saturated heterocycles. The molecule has 2 aromatic carbocycles. The summed E-state index contributed by atoms with van der Waals surface area (Å²) in [5.41, 5.74) is 2.24. The molecule has 0 spiro atoms. The molecular weight excluding hydrogens is 376 g/mol. The van der Waals surface area contributed by atoms with E-state index >= 15 is 0 Å². The molecule has 0 saturated carbocycles. The minimum atomic E-state index is -3.62. The van der Waals surface area contributed by atoms with E-state index in [1.54, 1.807) is 31.0 Å². The number of amides is 1. The zero-order valence-corrected chi connectivity index (χ0v) is 17.0. The summed E-state index contributed by atoms with van der Waals surface area (Å²) in [4.78, 5) is 19.1. The number of aryl methyl sites for hydroxylation is 1. The molecule has 148 valence electrons. The first kappa shape index (κ1) is 20.0. The number of para-hydroxylation sites is 2. The molecule has 28 heavy (non-hydrogen) atoms. The molecule has 3 aromatic rings. The van der Waals surface area contributed by atoms with Gasteiger partial charge in [-0.2, -0.15) is 0 Å². The van der Waals surface area contributed by atoms with Gasteiger partial charge in [-0.1, -0.05) is 25.1 Å². The molecule has 0 aliphatic carbocycles. The monoisotopic (exact) mass is 400 g/mol. The van der Waals surface area contributed by atoms with Gasteiger partial charge in [-0.3, -0.25) is 4.79 Å². The van der Waals surface area contributed by atoms with Crippen molar-refractivity contribution in [1.29, 1.82) is 0 Å². The molecule has 1 amide bonds. The number of nitrogens with one attached hydrogen (secondary N) is 1. The van der Waals surface area contributed by atoms with E-state index < -0.39 is 10.0 Å². The van der Waals surface area contributed by atoms with Crippen LogP contribution in [0.25, 0.3) is 11.0 Å². The predicted molar refractivity (Wildman–Crippen MR) is 109 cm³/mol. The van der Waals surface area contributed by atoms with Crippen LogP contribution in [0, 0.1) is 0 Å². The topological polar surface area (TPSA) is 84.3 Å². The van der Waals surface area contributed by atoms with Crippen molar-refractivity contribution in [2.45, 2.75) is 31.8 Å². The summed E-state index contributed by atoms with van der Waals surface area (Å²) in [6, 6.07) is 13.9. The van der Waals surface area contributed by atoms with Gasteiger partial charge in [0, 0.05) is 25.7 Å². The molecule has 7 nitrogen and oxygen atoms in total. The summed E-state index contributed by atoms with van der Waals surface area (Å²) in [6.45, 7) is 5.10. The number of benzene rings is 2. The number of carbonyl (C=O) groups excluding carboxylic acids is 1. The number of aromatic nitrogens is 2. The van der Waals surface area contributed by atoms with E-state index in [2.05, 4.69) is 14.3 Å². The van der Waals surface area contributed by atoms with Gasteiger partial charge >= 0.3 is 0 Å². The van der Waals surface area contributed by atoms with Crippen molar-refractivity contribution in [2.75, 3.05) is 13.6 Å². The molecule has 1 heterocycles. The highest BCUT2D eigenvalue weighted by molar-refractivity contribution is 7.89. The van der Waals surface area contributed by atoms with Crippen molar-refractivity contribution >= 4 is 27.0 Å². The Balaban J connectivity index is 1.86. The number of sulfonamides is 1. The maximum atomic E-state index is 12.9. The van der Waals surface area contributed by atoms with E-state index in [4.69, 9.17) is 0 Å². The first-order chi connectivity index (χ1) is 13.4. The Hall–Kier alpha value is -2.71. The first-order valence-corrected chi connectivity index (χ1v) is 10.6. The second-order valence-electron chi connectivity index (χ2n) is 6.45. The SMILES string of the molecule is CCNS(=O)(=O)c1cccc(C(=O)N(C)Cc2nc3ccccc3n2CC)c1. The van der Waals surface area contributed by atoms with Crippen molar-refractivity contribution < 1.29 is 13.2 Å². The summed E-state index contributed by atoms with van der Waals surface area (Å²) in [5, 5.41) is 0. The smallest absolute Gasteiger partial charge is 0.254 e. The fourth-order valence-electron chi connectivity index (χ4n) is 3.17. The van der Waals surface area contributed by atoms with Crippen molar-refractivity contribution in [1.82, 2.24) is 19.2 Å². The Bertz CT molecular complexity index is 1110. The van der Waals surface area contributed by atoms with Crippen molar-refractivity contribution in [3.05, 3.63) is 59.9 Å². The lowest BCUT2D eigenvalue weighted by atomic mass is 10.2. The molecule has 0 aliphatic heterocycles. The average Bonchev–Trinajstić information content (AvgIpc) is 3.04. The van der Waals surface area contributed by atoms with Crippen LogP contribution in [0.3, 0.4) is 0 Å². The standard InChI is InChI=1S/C20H24N4O3S/c1-4-21-28(26,27)16-10-8-9-15(13-16)20(25)23(3)14-19-22-17-11-6-7-12-18(17)24(19)5-2/h6-13,21H,4-5,14H2,1-3H3. The summed E-state index contributed by atoms with van der Waals surface area (Å²) >= 11 is 0. The van der Waals surface area contributed by atoms with E-state index in [0.717, 1.165) is 23.4 Å². The Morgan fingerprint density at radius 2 is 1.89 bits per heavy atom. The van der Waals surface area contributed by atoms with Crippen molar-refractivity contribution in [3.8, 4) is 0 Å². The van der Waals surface area contributed by atoms with Gasteiger partial charge in [0.05, 0.1) is 22.5 Å². The van der Waals surface area contributed by atoms with E-state index in [-0.39, 0.29) is 17.3 Å². The van der Waals surface area contributed by atoms with Gasteiger partial charge < -0.3 is 9.47 Å². The van der Waals surface area contributed by atoms with Crippen LogP contribution in [-0.2, 0) is 23.1 Å². The third kappa shape index (κ3) is 3.93. The molecule has 8 heteroatoms. The van der Waals surface area contributed by atoms with Crippen LogP contribution in [0.1, 0.15) is 30.0 Å². The van der Waals surface area contributed by atoms with Gasteiger partial charge in [0.15, 0.2) is 0 Å². The van der Waals surface area contributed by atoms with Crippen LogP contribution in [-0.4, -0.2) is 42.4 Å².